The average molecular weight is 1060 g/mol. The van der Waals surface area contributed by atoms with Crippen molar-refractivity contribution in [2.75, 3.05) is 13.2 Å². The van der Waals surface area contributed by atoms with Crippen molar-refractivity contribution in [1.29, 1.82) is 0 Å². The number of unbranched alkanes of at least 4 members (excludes halogenated alkanes) is 28. The summed E-state index contributed by atoms with van der Waals surface area (Å²) in [6, 6.07) is 0. The van der Waals surface area contributed by atoms with Gasteiger partial charge in [0.2, 0.25) is 0 Å². The molecule has 0 rings (SSSR count). The molecule has 0 fully saturated rings. The summed E-state index contributed by atoms with van der Waals surface area (Å²) in [7, 11) is 0. The SMILES string of the molecule is CC/C=C\C/C=C\C/C=C\C/C=C\C/C=C\C/C=C\C/C=C\C/C=C\C/C=C\CCCC(=O)OCC(COC(=O)CCCCCCCCCC)OC(=O)CCCCCCCCCCCCCCCCCCCCCCC. The molecule has 0 aliphatic carbocycles. The molecule has 0 radical (unpaired) electrons. The number of allylic oxidation sites excluding steroid dienone is 18. The van der Waals surface area contributed by atoms with Gasteiger partial charge in [0.1, 0.15) is 13.2 Å². The number of hydrogen-bond acceptors (Lipinski definition) is 6. The first-order valence-electron chi connectivity index (χ1n) is 31.9. The fourth-order valence-corrected chi connectivity index (χ4v) is 8.80. The highest BCUT2D eigenvalue weighted by Gasteiger charge is 2.19. The highest BCUT2D eigenvalue weighted by molar-refractivity contribution is 5.71. The summed E-state index contributed by atoms with van der Waals surface area (Å²) >= 11 is 0. The van der Waals surface area contributed by atoms with E-state index < -0.39 is 6.10 Å². The second-order valence-electron chi connectivity index (χ2n) is 21.0. The van der Waals surface area contributed by atoms with E-state index in [1.54, 1.807) is 0 Å². The van der Waals surface area contributed by atoms with Crippen molar-refractivity contribution in [2.24, 2.45) is 0 Å². The summed E-state index contributed by atoms with van der Waals surface area (Å²) in [5.74, 6) is -0.952. The zero-order valence-corrected chi connectivity index (χ0v) is 49.7. The Kier molecular flexibility index (Phi) is 60.3. The van der Waals surface area contributed by atoms with E-state index in [9.17, 15) is 14.4 Å². The number of ether oxygens (including phenoxy) is 3. The highest BCUT2D eigenvalue weighted by atomic mass is 16.6. The van der Waals surface area contributed by atoms with Gasteiger partial charge in [-0.05, 0) is 83.5 Å². The molecule has 0 spiro atoms. The van der Waals surface area contributed by atoms with Gasteiger partial charge in [0.25, 0.3) is 0 Å². The Morgan fingerprint density at radius 1 is 0.276 bits per heavy atom. The second-order valence-corrected chi connectivity index (χ2v) is 21.0. The van der Waals surface area contributed by atoms with E-state index in [-0.39, 0.29) is 37.5 Å². The number of carbonyl (C=O) groups is 3. The fraction of sp³-hybridized carbons (Fsp3) is 0.700. The summed E-state index contributed by atoms with van der Waals surface area (Å²) in [5, 5.41) is 0. The molecule has 6 nitrogen and oxygen atoms in total. The third kappa shape index (κ3) is 60.9. The van der Waals surface area contributed by atoms with Gasteiger partial charge in [-0.2, -0.15) is 0 Å². The molecule has 6 heteroatoms. The topological polar surface area (TPSA) is 78.9 Å². The second kappa shape index (κ2) is 63.6. The molecule has 0 saturated carbocycles. The van der Waals surface area contributed by atoms with Crippen molar-refractivity contribution < 1.29 is 28.6 Å². The molecule has 0 aromatic rings. The van der Waals surface area contributed by atoms with Crippen molar-refractivity contribution in [3.8, 4) is 0 Å². The first-order valence-corrected chi connectivity index (χ1v) is 31.9. The number of hydrogen-bond donors (Lipinski definition) is 0. The van der Waals surface area contributed by atoms with Gasteiger partial charge in [0.05, 0.1) is 0 Å². The lowest BCUT2D eigenvalue weighted by Gasteiger charge is -2.18. The number of carbonyl (C=O) groups excluding carboxylic acids is 3. The molecule has 76 heavy (non-hydrogen) atoms. The quantitative estimate of drug-likeness (QED) is 0.0261. The van der Waals surface area contributed by atoms with Gasteiger partial charge < -0.3 is 14.2 Å². The van der Waals surface area contributed by atoms with Crippen LogP contribution in [-0.4, -0.2) is 37.2 Å². The van der Waals surface area contributed by atoms with E-state index in [4.69, 9.17) is 14.2 Å². The molecule has 1 unspecified atom stereocenters. The Morgan fingerprint density at radius 2 is 0.513 bits per heavy atom. The molecule has 0 aliphatic rings. The van der Waals surface area contributed by atoms with Gasteiger partial charge >= 0.3 is 17.9 Å². The van der Waals surface area contributed by atoms with Crippen molar-refractivity contribution in [1.82, 2.24) is 0 Å². The molecule has 0 aromatic heterocycles. The van der Waals surface area contributed by atoms with Crippen LogP contribution in [0.25, 0.3) is 0 Å². The van der Waals surface area contributed by atoms with Gasteiger partial charge in [-0.1, -0.05) is 304 Å². The third-order valence-corrected chi connectivity index (χ3v) is 13.5. The van der Waals surface area contributed by atoms with Crippen LogP contribution in [0.5, 0.6) is 0 Å². The van der Waals surface area contributed by atoms with Crippen molar-refractivity contribution in [3.05, 3.63) is 109 Å². The van der Waals surface area contributed by atoms with Crippen LogP contribution in [0.4, 0.5) is 0 Å². The summed E-state index contributed by atoms with van der Waals surface area (Å²) < 4.78 is 16.8. The Bertz CT molecular complexity index is 1540. The Balaban J connectivity index is 4.29. The van der Waals surface area contributed by atoms with E-state index in [0.29, 0.717) is 19.3 Å². The molecule has 0 amide bonds. The minimum absolute atomic E-state index is 0.0935. The molecule has 0 saturated heterocycles. The van der Waals surface area contributed by atoms with Gasteiger partial charge in [-0.25, -0.2) is 0 Å². The molecule has 0 heterocycles. The third-order valence-electron chi connectivity index (χ3n) is 13.5. The standard InChI is InChI=1S/C70H118O6/c1-4-7-10-13-16-19-21-23-25-27-29-31-32-33-34-35-36-37-38-40-41-43-45-47-49-51-54-57-60-63-69(72)75-66-67(65-74-68(71)62-59-56-53-18-15-12-9-6-3)76-70(73)64-61-58-55-52-50-48-46-44-42-39-30-28-26-24-22-20-17-14-11-8-5-2/h7,10,16,19,23,25,29,31,33-34,36-37,40-41,45,47,51,54,67H,4-6,8-9,11-15,17-18,20-22,24,26-28,30,32,35,38-39,42-44,46,48-50,52-53,55-66H2,1-3H3/b10-7-,19-16-,25-23-,31-29-,34-33-,37-36-,41-40-,47-45-,54-51-. The maximum absolute atomic E-state index is 12.9. The van der Waals surface area contributed by atoms with Crippen LogP contribution >= 0.6 is 0 Å². The molecule has 1 atom stereocenters. The van der Waals surface area contributed by atoms with Crippen LogP contribution in [0.2, 0.25) is 0 Å². The molecular formula is C70H118O6. The van der Waals surface area contributed by atoms with Gasteiger partial charge in [-0.3, -0.25) is 14.4 Å². The van der Waals surface area contributed by atoms with E-state index in [0.717, 1.165) is 103 Å². The summed E-state index contributed by atoms with van der Waals surface area (Å²) in [5.41, 5.74) is 0. The van der Waals surface area contributed by atoms with Crippen molar-refractivity contribution in [3.63, 3.8) is 0 Å². The van der Waals surface area contributed by atoms with E-state index in [2.05, 4.69) is 130 Å². The molecule has 0 N–H and O–H groups in total. The van der Waals surface area contributed by atoms with Crippen LogP contribution in [0.15, 0.2) is 109 Å². The summed E-state index contributed by atoms with van der Waals surface area (Å²) in [4.78, 5) is 38.1. The monoisotopic (exact) mass is 1050 g/mol. The molecule has 434 valence electrons. The van der Waals surface area contributed by atoms with Crippen molar-refractivity contribution >= 4 is 17.9 Å². The van der Waals surface area contributed by atoms with Gasteiger partial charge in [0, 0.05) is 19.3 Å². The van der Waals surface area contributed by atoms with Crippen molar-refractivity contribution in [2.45, 2.75) is 303 Å². The Hall–Kier alpha value is -3.93. The molecular weight excluding hydrogens is 937 g/mol. The van der Waals surface area contributed by atoms with Gasteiger partial charge in [0.15, 0.2) is 6.10 Å². The maximum Gasteiger partial charge on any atom is 0.306 e. The van der Waals surface area contributed by atoms with E-state index in [1.807, 2.05) is 0 Å². The first-order chi connectivity index (χ1) is 37.5. The summed E-state index contributed by atoms with van der Waals surface area (Å²) in [6.45, 7) is 6.47. The van der Waals surface area contributed by atoms with Crippen LogP contribution in [0.3, 0.4) is 0 Å². The predicted molar refractivity (Wildman–Crippen MR) is 330 cm³/mol. The fourth-order valence-electron chi connectivity index (χ4n) is 8.80. The number of esters is 3. The minimum Gasteiger partial charge on any atom is -0.462 e. The van der Waals surface area contributed by atoms with Crippen LogP contribution in [0.1, 0.15) is 297 Å². The summed E-state index contributed by atoms with van der Waals surface area (Å²) in [6.07, 6.45) is 86.9. The van der Waals surface area contributed by atoms with Gasteiger partial charge in [-0.15, -0.1) is 0 Å². The number of rotatable bonds is 57. The van der Waals surface area contributed by atoms with Crippen LogP contribution in [0, 0.1) is 0 Å². The minimum atomic E-state index is -0.799. The smallest absolute Gasteiger partial charge is 0.306 e. The molecule has 0 bridgehead atoms. The highest BCUT2D eigenvalue weighted by Crippen LogP contribution is 2.17. The van der Waals surface area contributed by atoms with Crippen LogP contribution in [-0.2, 0) is 28.6 Å². The maximum atomic E-state index is 12.9. The molecule has 0 aromatic carbocycles. The normalized spacial score (nSPS) is 12.8. The molecule has 0 aliphatic heterocycles. The Morgan fingerprint density at radius 3 is 0.803 bits per heavy atom. The predicted octanol–water partition coefficient (Wildman–Crippen LogP) is 21.8. The zero-order chi connectivity index (χ0) is 55.0. The Labute approximate surface area is 470 Å². The first kappa shape index (κ1) is 72.1. The largest absolute Gasteiger partial charge is 0.462 e. The lowest BCUT2D eigenvalue weighted by atomic mass is 10.0. The van der Waals surface area contributed by atoms with E-state index in [1.165, 1.54) is 148 Å². The van der Waals surface area contributed by atoms with E-state index >= 15 is 0 Å². The van der Waals surface area contributed by atoms with Crippen LogP contribution < -0.4 is 0 Å². The lowest BCUT2D eigenvalue weighted by molar-refractivity contribution is -0.167. The average Bonchev–Trinajstić information content (AvgIpc) is 3.42. The lowest BCUT2D eigenvalue weighted by Crippen LogP contribution is -2.30. The zero-order valence-electron chi connectivity index (χ0n) is 49.7.